The van der Waals surface area contributed by atoms with Gasteiger partial charge in [0.05, 0.1) is 18.8 Å². The number of carbonyl (C=O) groups is 3. The van der Waals surface area contributed by atoms with Crippen LogP contribution in [0.2, 0.25) is 0 Å². The molecule has 10 nitrogen and oxygen atoms in total. The molecule has 3 heterocycles. The first kappa shape index (κ1) is 17.3. The van der Waals surface area contributed by atoms with Crippen LogP contribution in [0.3, 0.4) is 0 Å². The molecule has 0 saturated carbocycles. The summed E-state index contributed by atoms with van der Waals surface area (Å²) >= 11 is 0. The van der Waals surface area contributed by atoms with E-state index in [2.05, 4.69) is 13.6 Å². The van der Waals surface area contributed by atoms with E-state index in [0.29, 0.717) is 0 Å². The standard InChI is InChI=1S/C15H9O10P/c16-13(10-4-1-7-20-10)23-26(19,24-14(17)11-5-2-8-21-11)25-15(18)12-6-3-9-22-12/h1-9H. The van der Waals surface area contributed by atoms with Crippen molar-refractivity contribution in [2.45, 2.75) is 0 Å². The summed E-state index contributed by atoms with van der Waals surface area (Å²) in [6, 6.07) is 7.71. The summed E-state index contributed by atoms with van der Waals surface area (Å²) in [5, 5.41) is 0. The van der Waals surface area contributed by atoms with Crippen molar-refractivity contribution in [2.24, 2.45) is 0 Å². The van der Waals surface area contributed by atoms with Crippen molar-refractivity contribution in [3.8, 4) is 0 Å². The fourth-order valence-corrected chi connectivity index (χ4v) is 2.67. The molecule has 0 radical (unpaired) electrons. The molecule has 11 heteroatoms. The van der Waals surface area contributed by atoms with Crippen LogP contribution in [0.5, 0.6) is 0 Å². The Labute approximate surface area is 144 Å². The molecule has 0 aliphatic rings. The molecular weight excluding hydrogens is 371 g/mol. The summed E-state index contributed by atoms with van der Waals surface area (Å²) in [6.07, 6.45) is 3.47. The predicted octanol–water partition coefficient (Wildman–Crippen LogP) is 3.44. The lowest BCUT2D eigenvalue weighted by atomic mass is 10.5. The second-order valence-corrected chi connectivity index (χ2v) is 5.96. The minimum atomic E-state index is -5.04. The molecular formula is C15H9O10P. The van der Waals surface area contributed by atoms with Gasteiger partial charge in [-0.2, -0.15) is 4.57 Å². The number of furan rings is 3. The van der Waals surface area contributed by atoms with Crippen LogP contribution >= 0.6 is 7.82 Å². The predicted molar refractivity (Wildman–Crippen MR) is 80.0 cm³/mol. The molecule has 0 aliphatic heterocycles. The van der Waals surface area contributed by atoms with E-state index >= 15 is 0 Å². The SMILES string of the molecule is O=C(OP(=O)(OC(=O)c1ccco1)OC(=O)c1ccco1)c1ccco1. The van der Waals surface area contributed by atoms with Gasteiger partial charge in [0.2, 0.25) is 17.3 Å². The van der Waals surface area contributed by atoms with Gasteiger partial charge in [-0.1, -0.05) is 0 Å². The Bertz CT molecular complexity index is 813. The van der Waals surface area contributed by atoms with Gasteiger partial charge >= 0.3 is 25.7 Å². The molecule has 0 bridgehead atoms. The molecule has 0 saturated heterocycles. The van der Waals surface area contributed by atoms with E-state index in [-0.39, 0.29) is 17.3 Å². The lowest BCUT2D eigenvalue weighted by molar-refractivity contribution is 0.0432. The number of hydrogen-bond donors (Lipinski definition) is 0. The van der Waals surface area contributed by atoms with Crippen LogP contribution in [0.25, 0.3) is 0 Å². The van der Waals surface area contributed by atoms with E-state index in [4.69, 9.17) is 13.3 Å². The van der Waals surface area contributed by atoms with Crippen molar-refractivity contribution in [2.75, 3.05) is 0 Å². The van der Waals surface area contributed by atoms with Crippen molar-refractivity contribution >= 4 is 25.7 Å². The highest BCUT2D eigenvalue weighted by Gasteiger charge is 2.42. The molecule has 0 atom stereocenters. The Morgan fingerprint density at radius 1 is 0.654 bits per heavy atom. The highest BCUT2D eigenvalue weighted by molar-refractivity contribution is 7.50. The molecule has 0 aromatic carbocycles. The third-order valence-corrected chi connectivity index (χ3v) is 3.92. The maximum absolute atomic E-state index is 12.7. The Morgan fingerprint density at radius 3 is 1.19 bits per heavy atom. The molecule has 0 amide bonds. The first-order valence-electron chi connectivity index (χ1n) is 6.89. The summed E-state index contributed by atoms with van der Waals surface area (Å²) in [4.78, 5) is 35.8. The first-order chi connectivity index (χ1) is 12.5. The summed E-state index contributed by atoms with van der Waals surface area (Å²) in [5.41, 5.74) is 0. The summed E-state index contributed by atoms with van der Waals surface area (Å²) in [7, 11) is -5.04. The van der Waals surface area contributed by atoms with Crippen LogP contribution in [0.1, 0.15) is 31.7 Å². The molecule has 0 aliphatic carbocycles. The topological polar surface area (TPSA) is 135 Å². The zero-order valence-corrected chi connectivity index (χ0v) is 13.6. The highest BCUT2D eigenvalue weighted by atomic mass is 31.2. The molecule has 26 heavy (non-hydrogen) atoms. The number of hydrogen-bond acceptors (Lipinski definition) is 10. The van der Waals surface area contributed by atoms with Crippen LogP contribution in [0.15, 0.2) is 68.4 Å². The van der Waals surface area contributed by atoms with Gasteiger partial charge in [-0.3, -0.25) is 0 Å². The van der Waals surface area contributed by atoms with E-state index < -0.39 is 25.7 Å². The van der Waals surface area contributed by atoms with Crippen LogP contribution in [0, 0.1) is 0 Å². The number of rotatable bonds is 6. The molecule has 134 valence electrons. The average Bonchev–Trinajstić information content (AvgIpc) is 3.37. The quantitative estimate of drug-likeness (QED) is 0.585. The number of carbonyl (C=O) groups excluding carboxylic acids is 3. The van der Waals surface area contributed by atoms with Crippen LogP contribution < -0.4 is 0 Å². The molecule has 3 aromatic heterocycles. The maximum atomic E-state index is 12.7. The van der Waals surface area contributed by atoms with E-state index in [1.807, 2.05) is 0 Å². The number of phosphoric ester groups is 1. The average molecular weight is 380 g/mol. The molecule has 0 spiro atoms. The fourth-order valence-electron chi connectivity index (χ4n) is 1.68. The Hall–Kier alpha value is -3.52. The van der Waals surface area contributed by atoms with Crippen LogP contribution in [-0.4, -0.2) is 17.9 Å². The maximum Gasteiger partial charge on any atom is 0.654 e. The molecule has 3 aromatic rings. The molecule has 0 N–H and O–H groups in total. The van der Waals surface area contributed by atoms with E-state index in [1.165, 1.54) is 36.4 Å². The monoisotopic (exact) mass is 380 g/mol. The summed E-state index contributed by atoms with van der Waals surface area (Å²) in [6.45, 7) is 0. The van der Waals surface area contributed by atoms with Gasteiger partial charge in [0.25, 0.3) is 0 Å². The van der Waals surface area contributed by atoms with Gasteiger partial charge in [-0.15, -0.1) is 0 Å². The zero-order chi connectivity index (χ0) is 18.6. The first-order valence-corrected chi connectivity index (χ1v) is 8.35. The minimum Gasteiger partial charge on any atom is -0.457 e. The minimum absolute atomic E-state index is 0.353. The smallest absolute Gasteiger partial charge is 0.457 e. The van der Waals surface area contributed by atoms with Gasteiger partial charge < -0.3 is 26.8 Å². The normalized spacial score (nSPS) is 10.9. The third kappa shape index (κ3) is 3.93. The van der Waals surface area contributed by atoms with E-state index in [1.54, 1.807) is 0 Å². The lowest BCUT2D eigenvalue weighted by Gasteiger charge is -2.14. The molecule has 0 fully saturated rings. The van der Waals surface area contributed by atoms with Crippen molar-refractivity contribution in [3.05, 3.63) is 72.5 Å². The lowest BCUT2D eigenvalue weighted by Crippen LogP contribution is -2.14. The van der Waals surface area contributed by atoms with Crippen LogP contribution in [0.4, 0.5) is 0 Å². The van der Waals surface area contributed by atoms with E-state index in [9.17, 15) is 18.9 Å². The van der Waals surface area contributed by atoms with Gasteiger partial charge in [0.1, 0.15) is 0 Å². The highest BCUT2D eigenvalue weighted by Crippen LogP contribution is 2.51. The van der Waals surface area contributed by atoms with Crippen molar-refractivity contribution < 1.29 is 45.8 Å². The second-order valence-electron chi connectivity index (χ2n) is 4.52. The van der Waals surface area contributed by atoms with E-state index in [0.717, 1.165) is 18.8 Å². The fraction of sp³-hybridized carbons (Fsp3) is 0. The number of phosphoric acid groups is 1. The zero-order valence-electron chi connectivity index (χ0n) is 12.7. The summed E-state index contributed by atoms with van der Waals surface area (Å²) in [5.74, 6) is -4.90. The van der Waals surface area contributed by atoms with Gasteiger partial charge in [-0.05, 0) is 36.4 Å². The van der Waals surface area contributed by atoms with Crippen molar-refractivity contribution in [1.82, 2.24) is 0 Å². The van der Waals surface area contributed by atoms with Gasteiger partial charge in [0, 0.05) is 0 Å². The second kappa shape index (κ2) is 7.16. The Morgan fingerprint density at radius 2 is 0.962 bits per heavy atom. The van der Waals surface area contributed by atoms with Crippen molar-refractivity contribution in [1.29, 1.82) is 0 Å². The molecule has 0 unspecified atom stereocenters. The van der Waals surface area contributed by atoms with Gasteiger partial charge in [0.15, 0.2) is 0 Å². The van der Waals surface area contributed by atoms with Gasteiger partial charge in [-0.25, -0.2) is 14.4 Å². The largest absolute Gasteiger partial charge is 0.654 e. The van der Waals surface area contributed by atoms with Crippen LogP contribution in [-0.2, 0) is 18.1 Å². The Balaban J connectivity index is 1.82. The third-order valence-electron chi connectivity index (χ3n) is 2.75. The summed E-state index contributed by atoms with van der Waals surface area (Å²) < 4.78 is 40.7. The Kier molecular flexibility index (Phi) is 4.76. The molecule has 3 rings (SSSR count). The van der Waals surface area contributed by atoms with Crippen molar-refractivity contribution in [3.63, 3.8) is 0 Å².